The van der Waals surface area contributed by atoms with Crippen molar-refractivity contribution in [2.75, 3.05) is 39.3 Å². The van der Waals surface area contributed by atoms with E-state index in [-0.39, 0.29) is 0 Å². The number of likely N-dealkylation sites (N-methyl/N-ethyl adjacent to an activating group) is 1. The Morgan fingerprint density at radius 1 is 1.53 bits per heavy atom. The van der Waals surface area contributed by atoms with E-state index in [9.17, 15) is 0 Å². The molecule has 4 nitrogen and oxygen atoms in total. The van der Waals surface area contributed by atoms with E-state index in [4.69, 9.17) is 10.00 Å². The van der Waals surface area contributed by atoms with E-state index < -0.39 is 0 Å². The summed E-state index contributed by atoms with van der Waals surface area (Å²) in [5.74, 6) is 0. The second-order valence-corrected chi connectivity index (χ2v) is 4.88. The number of hydrogen-bond donors (Lipinski definition) is 0. The SMILES string of the molecule is CCN1CCOC(CN(CCC#N)C(C)C)C1. The Hall–Kier alpha value is -0.630. The second kappa shape index (κ2) is 7.65. The minimum absolute atomic E-state index is 0.296. The third-order valence-corrected chi connectivity index (χ3v) is 3.35. The van der Waals surface area contributed by atoms with E-state index in [1.807, 2.05) is 0 Å². The fourth-order valence-corrected chi connectivity index (χ4v) is 2.19. The van der Waals surface area contributed by atoms with Crippen LogP contribution in [0.1, 0.15) is 27.2 Å². The highest BCUT2D eigenvalue weighted by atomic mass is 16.5. The third kappa shape index (κ3) is 5.03. The summed E-state index contributed by atoms with van der Waals surface area (Å²) in [7, 11) is 0. The first-order valence-corrected chi connectivity index (χ1v) is 6.62. The monoisotopic (exact) mass is 239 g/mol. The van der Waals surface area contributed by atoms with Gasteiger partial charge in [-0.2, -0.15) is 5.26 Å². The van der Waals surface area contributed by atoms with Crippen LogP contribution in [0.4, 0.5) is 0 Å². The maximum atomic E-state index is 8.67. The lowest BCUT2D eigenvalue weighted by atomic mass is 10.2. The lowest BCUT2D eigenvalue weighted by Gasteiger charge is -2.36. The summed E-state index contributed by atoms with van der Waals surface area (Å²) < 4.78 is 5.80. The molecule has 0 amide bonds. The number of nitrogens with zero attached hydrogens (tertiary/aromatic N) is 3. The van der Waals surface area contributed by atoms with E-state index in [0.717, 1.165) is 39.3 Å². The first-order valence-electron chi connectivity index (χ1n) is 6.62. The van der Waals surface area contributed by atoms with Crippen LogP contribution in [0.2, 0.25) is 0 Å². The fourth-order valence-electron chi connectivity index (χ4n) is 2.19. The van der Waals surface area contributed by atoms with Gasteiger partial charge in [0.15, 0.2) is 0 Å². The minimum Gasteiger partial charge on any atom is -0.374 e. The van der Waals surface area contributed by atoms with E-state index in [1.165, 1.54) is 0 Å². The summed E-state index contributed by atoms with van der Waals surface area (Å²) >= 11 is 0. The van der Waals surface area contributed by atoms with Gasteiger partial charge in [-0.1, -0.05) is 6.92 Å². The molecule has 0 aromatic rings. The van der Waals surface area contributed by atoms with Crippen LogP contribution in [0.5, 0.6) is 0 Å². The Morgan fingerprint density at radius 3 is 2.88 bits per heavy atom. The molecule has 17 heavy (non-hydrogen) atoms. The van der Waals surface area contributed by atoms with Crippen LogP contribution in [-0.2, 0) is 4.74 Å². The summed E-state index contributed by atoms with van der Waals surface area (Å²) in [6.07, 6.45) is 0.896. The highest BCUT2D eigenvalue weighted by Gasteiger charge is 2.22. The van der Waals surface area contributed by atoms with Crippen molar-refractivity contribution >= 4 is 0 Å². The van der Waals surface area contributed by atoms with Crippen LogP contribution in [0.25, 0.3) is 0 Å². The van der Waals surface area contributed by atoms with Crippen molar-refractivity contribution in [1.29, 1.82) is 5.26 Å². The average molecular weight is 239 g/mol. The van der Waals surface area contributed by atoms with Crippen LogP contribution in [0.15, 0.2) is 0 Å². The molecule has 0 radical (unpaired) electrons. The van der Waals surface area contributed by atoms with E-state index in [1.54, 1.807) is 0 Å². The van der Waals surface area contributed by atoms with Crippen molar-refractivity contribution in [3.63, 3.8) is 0 Å². The van der Waals surface area contributed by atoms with Gasteiger partial charge in [-0.15, -0.1) is 0 Å². The van der Waals surface area contributed by atoms with Gasteiger partial charge in [0, 0.05) is 38.6 Å². The van der Waals surface area contributed by atoms with Crippen molar-refractivity contribution in [2.24, 2.45) is 0 Å². The molecule has 0 bridgehead atoms. The number of ether oxygens (including phenoxy) is 1. The molecule has 0 aromatic carbocycles. The standard InChI is InChI=1S/C13H25N3O/c1-4-15-8-9-17-13(10-15)11-16(12(2)3)7-5-6-14/h12-13H,4-5,7-11H2,1-3H3. The third-order valence-electron chi connectivity index (χ3n) is 3.35. The summed E-state index contributed by atoms with van der Waals surface area (Å²) in [6, 6.07) is 2.69. The van der Waals surface area contributed by atoms with Crippen molar-refractivity contribution in [3.8, 4) is 6.07 Å². The molecule has 98 valence electrons. The summed E-state index contributed by atoms with van der Waals surface area (Å²) in [5.41, 5.74) is 0. The molecule has 1 fully saturated rings. The molecule has 0 saturated carbocycles. The minimum atomic E-state index is 0.296. The zero-order valence-electron chi connectivity index (χ0n) is 11.4. The number of nitriles is 1. The molecule has 1 heterocycles. The van der Waals surface area contributed by atoms with Crippen molar-refractivity contribution in [2.45, 2.75) is 39.3 Å². The molecule has 0 N–H and O–H groups in total. The lowest BCUT2D eigenvalue weighted by molar-refractivity contribution is -0.0452. The second-order valence-electron chi connectivity index (χ2n) is 4.88. The summed E-state index contributed by atoms with van der Waals surface area (Å²) in [5, 5.41) is 8.67. The Morgan fingerprint density at radius 2 is 2.29 bits per heavy atom. The van der Waals surface area contributed by atoms with Gasteiger partial charge >= 0.3 is 0 Å². The van der Waals surface area contributed by atoms with Gasteiger partial charge in [0.1, 0.15) is 0 Å². The zero-order valence-corrected chi connectivity index (χ0v) is 11.4. The molecule has 0 spiro atoms. The molecular weight excluding hydrogens is 214 g/mol. The number of morpholine rings is 1. The zero-order chi connectivity index (χ0) is 12.7. The first kappa shape index (κ1) is 14.4. The predicted octanol–water partition coefficient (Wildman–Crippen LogP) is 1.33. The van der Waals surface area contributed by atoms with Gasteiger partial charge in [-0.05, 0) is 20.4 Å². The Balaban J connectivity index is 2.40. The van der Waals surface area contributed by atoms with Gasteiger partial charge in [0.2, 0.25) is 0 Å². The Bertz CT molecular complexity index is 250. The molecule has 1 rings (SSSR count). The largest absolute Gasteiger partial charge is 0.374 e. The molecule has 1 aliphatic rings. The van der Waals surface area contributed by atoms with Gasteiger partial charge < -0.3 is 4.74 Å². The highest BCUT2D eigenvalue weighted by Crippen LogP contribution is 2.09. The van der Waals surface area contributed by atoms with Crippen LogP contribution in [-0.4, -0.2) is 61.3 Å². The van der Waals surface area contributed by atoms with Gasteiger partial charge in [0.25, 0.3) is 0 Å². The Kier molecular flexibility index (Phi) is 6.49. The van der Waals surface area contributed by atoms with E-state index in [2.05, 4.69) is 36.6 Å². The maximum Gasteiger partial charge on any atom is 0.0829 e. The van der Waals surface area contributed by atoms with Crippen molar-refractivity contribution in [1.82, 2.24) is 9.80 Å². The fraction of sp³-hybridized carbons (Fsp3) is 0.923. The number of rotatable bonds is 6. The first-order chi connectivity index (χ1) is 8.17. The van der Waals surface area contributed by atoms with Gasteiger partial charge in [0.05, 0.1) is 18.8 Å². The molecule has 0 aliphatic carbocycles. The van der Waals surface area contributed by atoms with Crippen LogP contribution < -0.4 is 0 Å². The molecular formula is C13H25N3O. The molecule has 1 atom stereocenters. The quantitative estimate of drug-likeness (QED) is 0.701. The van der Waals surface area contributed by atoms with Crippen molar-refractivity contribution in [3.05, 3.63) is 0 Å². The van der Waals surface area contributed by atoms with Crippen molar-refractivity contribution < 1.29 is 4.74 Å². The normalized spacial score (nSPS) is 22.0. The molecule has 1 aliphatic heterocycles. The van der Waals surface area contributed by atoms with Gasteiger partial charge in [-0.3, -0.25) is 9.80 Å². The summed E-state index contributed by atoms with van der Waals surface area (Å²) in [4.78, 5) is 4.77. The highest BCUT2D eigenvalue weighted by molar-refractivity contribution is 4.79. The summed E-state index contributed by atoms with van der Waals surface area (Å²) in [6.45, 7) is 12.3. The lowest BCUT2D eigenvalue weighted by Crippen LogP contribution is -2.48. The van der Waals surface area contributed by atoms with E-state index in [0.29, 0.717) is 18.6 Å². The molecule has 1 unspecified atom stereocenters. The average Bonchev–Trinajstić information content (AvgIpc) is 2.34. The Labute approximate surface area is 105 Å². The smallest absolute Gasteiger partial charge is 0.0829 e. The van der Waals surface area contributed by atoms with E-state index >= 15 is 0 Å². The molecule has 1 saturated heterocycles. The number of hydrogen-bond acceptors (Lipinski definition) is 4. The predicted molar refractivity (Wildman–Crippen MR) is 68.8 cm³/mol. The molecule has 4 heteroatoms. The van der Waals surface area contributed by atoms with Crippen LogP contribution in [0, 0.1) is 11.3 Å². The molecule has 0 aromatic heterocycles. The van der Waals surface area contributed by atoms with Crippen LogP contribution >= 0.6 is 0 Å². The van der Waals surface area contributed by atoms with Gasteiger partial charge in [-0.25, -0.2) is 0 Å². The topological polar surface area (TPSA) is 39.5 Å². The van der Waals surface area contributed by atoms with Crippen LogP contribution in [0.3, 0.4) is 0 Å². The maximum absolute atomic E-state index is 8.67.